The minimum absolute atomic E-state index is 1.04. The topological polar surface area (TPSA) is 4.93 Å². The van der Waals surface area contributed by atoms with Gasteiger partial charge in [0.25, 0.3) is 0 Å². The average Bonchev–Trinajstić information content (AvgIpc) is 2.99. The van der Waals surface area contributed by atoms with Crippen molar-refractivity contribution in [3.8, 4) is 5.69 Å². The number of para-hydroxylation sites is 1. The molecule has 4 rings (SSSR count). The lowest BCUT2D eigenvalue weighted by Gasteiger charge is -2.04. The van der Waals surface area contributed by atoms with E-state index in [0.29, 0.717) is 0 Å². The highest BCUT2D eigenvalue weighted by Gasteiger charge is 2.10. The number of benzene rings is 3. The van der Waals surface area contributed by atoms with Crippen molar-refractivity contribution in [2.45, 2.75) is 12.8 Å². The predicted octanol–water partition coefficient (Wildman–Crippen LogP) is 6.18. The van der Waals surface area contributed by atoms with E-state index in [1.165, 1.54) is 27.7 Å². The van der Waals surface area contributed by atoms with Crippen molar-refractivity contribution in [3.05, 3.63) is 101 Å². The fourth-order valence-corrected chi connectivity index (χ4v) is 3.56. The number of aromatic nitrogens is 1. The number of rotatable bonds is 4. The third kappa shape index (κ3) is 3.02. The summed E-state index contributed by atoms with van der Waals surface area (Å²) in [7, 11) is 0. The van der Waals surface area contributed by atoms with E-state index in [4.69, 9.17) is 0 Å². The monoisotopic (exact) mass is 375 g/mol. The molecule has 0 aliphatic carbocycles. The fourth-order valence-electron chi connectivity index (χ4n) is 3.20. The van der Waals surface area contributed by atoms with Gasteiger partial charge in [-0.1, -0.05) is 64.5 Å². The highest BCUT2D eigenvalue weighted by molar-refractivity contribution is 9.10. The summed E-state index contributed by atoms with van der Waals surface area (Å²) in [6.45, 7) is 0. The Bertz CT molecular complexity index is 955. The van der Waals surface area contributed by atoms with Gasteiger partial charge in [0.05, 0.1) is 5.52 Å². The van der Waals surface area contributed by atoms with Crippen LogP contribution in [-0.2, 0) is 12.8 Å². The highest BCUT2D eigenvalue weighted by atomic mass is 79.9. The van der Waals surface area contributed by atoms with E-state index in [9.17, 15) is 0 Å². The first-order valence-electron chi connectivity index (χ1n) is 8.20. The molecule has 0 atom stereocenters. The third-order valence-electron chi connectivity index (χ3n) is 4.41. The normalized spacial score (nSPS) is 11.0. The first kappa shape index (κ1) is 15.2. The molecule has 0 spiro atoms. The number of aryl methyl sites for hydroxylation is 2. The largest absolute Gasteiger partial charge is 0.316 e. The summed E-state index contributed by atoms with van der Waals surface area (Å²) >= 11 is 3.62. The zero-order chi connectivity index (χ0) is 16.4. The first-order valence-corrected chi connectivity index (χ1v) is 8.99. The molecule has 3 aromatic carbocycles. The van der Waals surface area contributed by atoms with E-state index in [2.05, 4.69) is 106 Å². The van der Waals surface area contributed by atoms with Gasteiger partial charge in [0, 0.05) is 21.7 Å². The summed E-state index contributed by atoms with van der Waals surface area (Å²) in [5.74, 6) is 0. The van der Waals surface area contributed by atoms with Crippen molar-refractivity contribution < 1.29 is 0 Å². The molecule has 0 amide bonds. The van der Waals surface area contributed by atoms with E-state index in [1.54, 1.807) is 0 Å². The molecule has 0 N–H and O–H groups in total. The standard InChI is InChI=1S/C22H18BrN/c23-19-13-14-22-21(15-19)18(12-11-17-7-3-1-4-8-17)16-24(22)20-9-5-2-6-10-20/h1-10,13-16H,11-12H2. The minimum atomic E-state index is 1.04. The van der Waals surface area contributed by atoms with Crippen LogP contribution in [0.5, 0.6) is 0 Å². The predicted molar refractivity (Wildman–Crippen MR) is 105 cm³/mol. The zero-order valence-corrected chi connectivity index (χ0v) is 14.9. The van der Waals surface area contributed by atoms with Gasteiger partial charge < -0.3 is 4.57 Å². The van der Waals surface area contributed by atoms with Crippen molar-refractivity contribution in [1.29, 1.82) is 0 Å². The van der Waals surface area contributed by atoms with Gasteiger partial charge in [-0.05, 0) is 54.3 Å². The van der Waals surface area contributed by atoms with Crippen LogP contribution in [0.4, 0.5) is 0 Å². The van der Waals surface area contributed by atoms with Gasteiger partial charge in [-0.2, -0.15) is 0 Å². The second-order valence-corrected chi connectivity index (χ2v) is 6.92. The fraction of sp³-hybridized carbons (Fsp3) is 0.0909. The molecule has 4 aromatic rings. The van der Waals surface area contributed by atoms with Gasteiger partial charge in [0.1, 0.15) is 0 Å². The molecule has 1 aromatic heterocycles. The molecule has 0 aliphatic rings. The number of halogens is 1. The lowest BCUT2D eigenvalue weighted by Crippen LogP contribution is -1.91. The van der Waals surface area contributed by atoms with Crippen LogP contribution in [0.25, 0.3) is 16.6 Å². The summed E-state index contributed by atoms with van der Waals surface area (Å²) in [4.78, 5) is 0. The molecular weight excluding hydrogens is 358 g/mol. The van der Waals surface area contributed by atoms with Crippen molar-refractivity contribution >= 4 is 26.8 Å². The lowest BCUT2D eigenvalue weighted by molar-refractivity contribution is 0.959. The van der Waals surface area contributed by atoms with Crippen LogP contribution in [0, 0.1) is 0 Å². The molecule has 1 heterocycles. The Balaban J connectivity index is 1.76. The average molecular weight is 376 g/mol. The van der Waals surface area contributed by atoms with Gasteiger partial charge in [0.2, 0.25) is 0 Å². The first-order chi connectivity index (χ1) is 11.8. The maximum atomic E-state index is 3.62. The Labute approximate surface area is 150 Å². The molecule has 0 aliphatic heterocycles. The van der Waals surface area contributed by atoms with Gasteiger partial charge in [-0.3, -0.25) is 0 Å². The molecule has 0 unspecified atom stereocenters. The van der Waals surface area contributed by atoms with E-state index >= 15 is 0 Å². The number of hydrogen-bond donors (Lipinski definition) is 0. The Morgan fingerprint density at radius 2 is 1.46 bits per heavy atom. The zero-order valence-electron chi connectivity index (χ0n) is 13.3. The molecule has 24 heavy (non-hydrogen) atoms. The third-order valence-corrected chi connectivity index (χ3v) is 4.90. The van der Waals surface area contributed by atoms with E-state index in [1.807, 2.05) is 0 Å². The second kappa shape index (κ2) is 6.66. The quantitative estimate of drug-likeness (QED) is 0.401. The number of hydrogen-bond acceptors (Lipinski definition) is 0. The molecule has 0 saturated heterocycles. The number of nitrogens with zero attached hydrogens (tertiary/aromatic N) is 1. The SMILES string of the molecule is Brc1ccc2c(c1)c(CCc1ccccc1)cn2-c1ccccc1. The number of fused-ring (bicyclic) bond motifs is 1. The summed E-state index contributed by atoms with van der Waals surface area (Å²) in [6.07, 6.45) is 4.38. The van der Waals surface area contributed by atoms with Crippen molar-refractivity contribution in [2.75, 3.05) is 0 Å². The minimum Gasteiger partial charge on any atom is -0.316 e. The lowest BCUT2D eigenvalue weighted by atomic mass is 10.0. The van der Waals surface area contributed by atoms with Gasteiger partial charge >= 0.3 is 0 Å². The maximum absolute atomic E-state index is 3.62. The van der Waals surface area contributed by atoms with Crippen molar-refractivity contribution in [1.82, 2.24) is 4.57 Å². The smallest absolute Gasteiger partial charge is 0.0532 e. The molecule has 0 bridgehead atoms. The van der Waals surface area contributed by atoms with E-state index < -0.39 is 0 Å². The molecule has 2 heteroatoms. The second-order valence-electron chi connectivity index (χ2n) is 6.01. The summed E-state index contributed by atoms with van der Waals surface area (Å²) < 4.78 is 3.42. The van der Waals surface area contributed by atoms with E-state index in [-0.39, 0.29) is 0 Å². The maximum Gasteiger partial charge on any atom is 0.0532 e. The molecule has 0 saturated carbocycles. The van der Waals surface area contributed by atoms with Gasteiger partial charge in [-0.15, -0.1) is 0 Å². The molecule has 1 nitrogen and oxygen atoms in total. The Morgan fingerprint density at radius 1 is 0.750 bits per heavy atom. The summed E-state index contributed by atoms with van der Waals surface area (Å²) in [5, 5.41) is 1.32. The summed E-state index contributed by atoms with van der Waals surface area (Å²) in [5.41, 5.74) is 5.23. The molecule has 0 radical (unpaired) electrons. The van der Waals surface area contributed by atoms with Crippen LogP contribution in [-0.4, -0.2) is 4.57 Å². The Hall–Kier alpha value is -2.32. The summed E-state index contributed by atoms with van der Waals surface area (Å²) in [6, 6.07) is 27.8. The van der Waals surface area contributed by atoms with Crippen LogP contribution < -0.4 is 0 Å². The van der Waals surface area contributed by atoms with Crippen LogP contribution >= 0.6 is 15.9 Å². The molecule has 118 valence electrons. The highest BCUT2D eigenvalue weighted by Crippen LogP contribution is 2.28. The van der Waals surface area contributed by atoms with Crippen LogP contribution in [0.3, 0.4) is 0 Å². The van der Waals surface area contributed by atoms with Crippen LogP contribution in [0.2, 0.25) is 0 Å². The van der Waals surface area contributed by atoms with Crippen molar-refractivity contribution in [2.24, 2.45) is 0 Å². The Kier molecular flexibility index (Phi) is 4.22. The molecule has 0 fully saturated rings. The Morgan fingerprint density at radius 3 is 2.21 bits per heavy atom. The van der Waals surface area contributed by atoms with Gasteiger partial charge in [-0.25, -0.2) is 0 Å². The van der Waals surface area contributed by atoms with Gasteiger partial charge in [0.15, 0.2) is 0 Å². The molecular formula is C22H18BrN. The van der Waals surface area contributed by atoms with E-state index in [0.717, 1.165) is 17.3 Å². The van der Waals surface area contributed by atoms with Crippen LogP contribution in [0.1, 0.15) is 11.1 Å². The van der Waals surface area contributed by atoms with Crippen LogP contribution in [0.15, 0.2) is 89.5 Å². The van der Waals surface area contributed by atoms with Crippen molar-refractivity contribution in [3.63, 3.8) is 0 Å².